The molecular weight excluding hydrogens is 342 g/mol. The minimum atomic E-state index is -0.449. The average Bonchev–Trinajstić information content (AvgIpc) is 3.00. The molecule has 0 bridgehead atoms. The van der Waals surface area contributed by atoms with Crippen molar-refractivity contribution in [1.29, 1.82) is 0 Å². The third-order valence-electron chi connectivity index (χ3n) is 4.96. The van der Waals surface area contributed by atoms with Crippen molar-refractivity contribution < 1.29 is 19.4 Å². The van der Waals surface area contributed by atoms with Gasteiger partial charge in [-0.25, -0.2) is 4.79 Å². The third-order valence-corrected chi connectivity index (χ3v) is 4.96. The van der Waals surface area contributed by atoms with Gasteiger partial charge in [-0.1, -0.05) is 62.4 Å². The number of carbonyl (C=O) groups is 1. The predicted octanol–water partition coefficient (Wildman–Crippen LogP) is 3.56. The van der Waals surface area contributed by atoms with E-state index in [1.807, 2.05) is 38.1 Å². The molecule has 0 heterocycles. The molecule has 1 amide bonds. The maximum absolute atomic E-state index is 12.2. The van der Waals surface area contributed by atoms with E-state index in [9.17, 15) is 4.79 Å². The SMILES string of the molecule is CC(C)C(CNC(=O)OCC1c2ccccc2-c2ccccc21)OCCO. The molecule has 2 aromatic carbocycles. The Hall–Kier alpha value is -2.37. The van der Waals surface area contributed by atoms with Gasteiger partial charge in [-0.15, -0.1) is 0 Å². The van der Waals surface area contributed by atoms with Crippen LogP contribution in [-0.4, -0.2) is 43.7 Å². The van der Waals surface area contributed by atoms with Gasteiger partial charge in [-0.2, -0.15) is 0 Å². The second-order valence-electron chi connectivity index (χ2n) is 7.08. The van der Waals surface area contributed by atoms with Gasteiger partial charge in [0.25, 0.3) is 0 Å². The van der Waals surface area contributed by atoms with Crippen molar-refractivity contribution in [3.8, 4) is 11.1 Å². The summed E-state index contributed by atoms with van der Waals surface area (Å²) in [5.41, 5.74) is 4.80. The summed E-state index contributed by atoms with van der Waals surface area (Å²) >= 11 is 0. The highest BCUT2D eigenvalue weighted by Crippen LogP contribution is 2.44. The summed E-state index contributed by atoms with van der Waals surface area (Å²) in [6.45, 7) is 4.91. The quantitative estimate of drug-likeness (QED) is 0.747. The van der Waals surface area contributed by atoms with Crippen LogP contribution in [0.15, 0.2) is 48.5 Å². The smallest absolute Gasteiger partial charge is 0.407 e. The lowest BCUT2D eigenvalue weighted by molar-refractivity contribution is 0.00372. The van der Waals surface area contributed by atoms with Crippen molar-refractivity contribution >= 4 is 6.09 Å². The van der Waals surface area contributed by atoms with Gasteiger partial charge in [0.1, 0.15) is 6.61 Å². The summed E-state index contributed by atoms with van der Waals surface area (Å²) in [5.74, 6) is 0.278. The molecule has 0 spiro atoms. The molecule has 1 aliphatic carbocycles. The number of aliphatic hydroxyl groups is 1. The van der Waals surface area contributed by atoms with E-state index in [4.69, 9.17) is 14.6 Å². The number of fused-ring (bicyclic) bond motifs is 3. The number of carbonyl (C=O) groups excluding carboxylic acids is 1. The van der Waals surface area contributed by atoms with Crippen LogP contribution < -0.4 is 5.32 Å². The Morgan fingerprint density at radius 2 is 1.67 bits per heavy atom. The minimum Gasteiger partial charge on any atom is -0.449 e. The zero-order valence-corrected chi connectivity index (χ0v) is 15.9. The maximum Gasteiger partial charge on any atom is 0.407 e. The van der Waals surface area contributed by atoms with E-state index >= 15 is 0 Å². The lowest BCUT2D eigenvalue weighted by Gasteiger charge is -2.22. The number of hydrogen-bond acceptors (Lipinski definition) is 4. The molecule has 144 valence electrons. The Morgan fingerprint density at radius 3 is 2.22 bits per heavy atom. The Balaban J connectivity index is 1.59. The molecule has 1 unspecified atom stereocenters. The predicted molar refractivity (Wildman–Crippen MR) is 105 cm³/mol. The molecule has 2 N–H and O–H groups in total. The fourth-order valence-corrected chi connectivity index (χ4v) is 3.52. The van der Waals surface area contributed by atoms with E-state index in [1.165, 1.54) is 22.3 Å². The molecule has 0 saturated carbocycles. The second-order valence-corrected chi connectivity index (χ2v) is 7.08. The summed E-state index contributed by atoms with van der Waals surface area (Å²) in [5, 5.41) is 11.7. The highest BCUT2D eigenvalue weighted by Gasteiger charge is 2.29. The molecule has 1 aliphatic rings. The standard InChI is InChI=1S/C22H27NO4/c1-15(2)21(26-12-11-24)13-23-22(25)27-14-20-18-9-5-3-7-16(18)17-8-4-6-10-19(17)20/h3-10,15,20-21,24H,11-14H2,1-2H3,(H,23,25). The molecule has 1 atom stereocenters. The first-order valence-corrected chi connectivity index (χ1v) is 9.43. The maximum atomic E-state index is 12.2. The summed E-state index contributed by atoms with van der Waals surface area (Å²) in [6.07, 6.45) is -0.604. The van der Waals surface area contributed by atoms with Crippen LogP contribution in [0.25, 0.3) is 11.1 Å². The molecule has 0 fully saturated rings. The summed E-state index contributed by atoms with van der Waals surface area (Å²) < 4.78 is 11.1. The lowest BCUT2D eigenvalue weighted by Crippen LogP contribution is -2.37. The van der Waals surface area contributed by atoms with Gasteiger partial charge in [-0.05, 0) is 28.2 Å². The molecule has 3 rings (SSSR count). The molecular formula is C22H27NO4. The van der Waals surface area contributed by atoms with Gasteiger partial charge in [0.15, 0.2) is 0 Å². The van der Waals surface area contributed by atoms with Crippen LogP contribution in [0.2, 0.25) is 0 Å². The van der Waals surface area contributed by atoms with Crippen LogP contribution in [0, 0.1) is 5.92 Å². The largest absolute Gasteiger partial charge is 0.449 e. The summed E-state index contributed by atoms with van der Waals surface area (Å²) in [7, 11) is 0. The lowest BCUT2D eigenvalue weighted by atomic mass is 9.98. The Bertz CT molecular complexity index is 729. The number of nitrogens with one attached hydrogen (secondary N) is 1. The molecule has 5 nitrogen and oxygen atoms in total. The van der Waals surface area contributed by atoms with Crippen molar-refractivity contribution in [2.75, 3.05) is 26.4 Å². The second kappa shape index (κ2) is 9.02. The van der Waals surface area contributed by atoms with E-state index in [-0.39, 0.29) is 31.2 Å². The van der Waals surface area contributed by atoms with Gasteiger partial charge in [0, 0.05) is 12.5 Å². The van der Waals surface area contributed by atoms with Gasteiger partial charge >= 0.3 is 6.09 Å². The summed E-state index contributed by atoms with van der Waals surface area (Å²) in [6, 6.07) is 16.5. The van der Waals surface area contributed by atoms with Crippen LogP contribution in [0.3, 0.4) is 0 Å². The molecule has 0 radical (unpaired) electrons. The highest BCUT2D eigenvalue weighted by molar-refractivity contribution is 5.79. The molecule has 27 heavy (non-hydrogen) atoms. The van der Waals surface area contributed by atoms with Crippen LogP contribution >= 0.6 is 0 Å². The number of rotatable bonds is 8. The van der Waals surface area contributed by atoms with Gasteiger partial charge in [0.05, 0.1) is 19.3 Å². The Morgan fingerprint density at radius 1 is 1.07 bits per heavy atom. The van der Waals surface area contributed by atoms with Crippen LogP contribution in [0.5, 0.6) is 0 Å². The summed E-state index contributed by atoms with van der Waals surface area (Å²) in [4.78, 5) is 12.2. The minimum absolute atomic E-state index is 0.0336. The van der Waals surface area contributed by atoms with Crippen molar-refractivity contribution in [3.63, 3.8) is 0 Å². The number of amides is 1. The monoisotopic (exact) mass is 369 g/mol. The first-order chi connectivity index (χ1) is 13.1. The number of ether oxygens (including phenoxy) is 2. The van der Waals surface area contributed by atoms with Crippen LogP contribution in [0.4, 0.5) is 4.79 Å². The number of benzene rings is 2. The van der Waals surface area contributed by atoms with Gasteiger partial charge < -0.3 is 19.9 Å². The van der Waals surface area contributed by atoms with E-state index in [2.05, 4.69) is 29.6 Å². The van der Waals surface area contributed by atoms with Crippen molar-refractivity contribution in [2.45, 2.75) is 25.9 Å². The van der Waals surface area contributed by atoms with E-state index in [0.29, 0.717) is 13.2 Å². The number of hydrogen-bond donors (Lipinski definition) is 2. The Labute approximate surface area is 160 Å². The van der Waals surface area contributed by atoms with Crippen LogP contribution in [-0.2, 0) is 9.47 Å². The molecule has 0 aromatic heterocycles. The zero-order chi connectivity index (χ0) is 19.2. The zero-order valence-electron chi connectivity index (χ0n) is 15.9. The van der Waals surface area contributed by atoms with Crippen molar-refractivity contribution in [1.82, 2.24) is 5.32 Å². The molecule has 5 heteroatoms. The first kappa shape index (κ1) is 19.4. The third kappa shape index (κ3) is 4.49. The topological polar surface area (TPSA) is 67.8 Å². The van der Waals surface area contributed by atoms with Crippen LogP contribution in [0.1, 0.15) is 30.9 Å². The molecule has 0 saturated heterocycles. The highest BCUT2D eigenvalue weighted by atomic mass is 16.5. The van der Waals surface area contributed by atoms with E-state index in [0.717, 1.165) is 0 Å². The van der Waals surface area contributed by atoms with E-state index in [1.54, 1.807) is 0 Å². The van der Waals surface area contributed by atoms with E-state index < -0.39 is 6.09 Å². The number of alkyl carbamates (subject to hydrolysis) is 1. The fourth-order valence-electron chi connectivity index (χ4n) is 3.52. The first-order valence-electron chi connectivity index (χ1n) is 9.43. The fraction of sp³-hybridized carbons (Fsp3) is 0.409. The average molecular weight is 369 g/mol. The van der Waals surface area contributed by atoms with Crippen molar-refractivity contribution in [3.05, 3.63) is 59.7 Å². The number of aliphatic hydroxyl groups excluding tert-OH is 1. The normalized spacial score (nSPS) is 13.9. The van der Waals surface area contributed by atoms with Gasteiger partial charge in [-0.3, -0.25) is 0 Å². The molecule has 2 aromatic rings. The van der Waals surface area contributed by atoms with Crippen molar-refractivity contribution in [2.24, 2.45) is 5.92 Å². The molecule has 0 aliphatic heterocycles. The Kier molecular flexibility index (Phi) is 6.48. The van der Waals surface area contributed by atoms with Gasteiger partial charge in [0.2, 0.25) is 0 Å².